The Labute approximate surface area is 97.0 Å². The van der Waals surface area contributed by atoms with E-state index >= 15 is 0 Å². The molecular weight excluding hydrogens is 235 g/mol. The van der Waals surface area contributed by atoms with E-state index in [1.54, 1.807) is 12.1 Å². The van der Waals surface area contributed by atoms with E-state index in [2.05, 4.69) is 0 Å². The monoisotopic (exact) mass is 249 g/mol. The van der Waals surface area contributed by atoms with Crippen molar-refractivity contribution in [1.29, 1.82) is 0 Å². The highest BCUT2D eigenvalue weighted by Crippen LogP contribution is 2.27. The molecule has 0 spiro atoms. The highest BCUT2D eigenvalue weighted by Gasteiger charge is 2.37. The molecule has 17 heavy (non-hydrogen) atoms. The fraction of sp³-hybridized carbons (Fsp3) is 0.455. The van der Waals surface area contributed by atoms with Crippen molar-refractivity contribution in [2.75, 3.05) is 7.11 Å². The first kappa shape index (κ1) is 13.8. The maximum Gasteiger partial charge on any atom is 0.403 e. The number of nitrogens with two attached hydrogens (primary N) is 1. The molecule has 6 heteroatoms. The molecule has 0 bridgehead atoms. The predicted octanol–water partition coefficient (Wildman–Crippen LogP) is 2.01. The van der Waals surface area contributed by atoms with Crippen LogP contribution in [0.15, 0.2) is 24.3 Å². The molecule has 0 saturated heterocycles. The van der Waals surface area contributed by atoms with E-state index < -0.39 is 24.7 Å². The fourth-order valence-electron chi connectivity index (χ4n) is 1.34. The summed E-state index contributed by atoms with van der Waals surface area (Å²) in [6.45, 7) is 0. The number of methoxy groups -OCH3 is 1. The number of hydrogen-bond acceptors (Lipinski definition) is 3. The van der Waals surface area contributed by atoms with Crippen molar-refractivity contribution in [3.63, 3.8) is 0 Å². The van der Waals surface area contributed by atoms with Crippen LogP contribution in [0.25, 0.3) is 0 Å². The third-order valence-corrected chi connectivity index (χ3v) is 2.40. The average molecular weight is 249 g/mol. The summed E-state index contributed by atoms with van der Waals surface area (Å²) in [7, 11) is 1.48. The van der Waals surface area contributed by atoms with E-state index in [4.69, 9.17) is 10.5 Å². The van der Waals surface area contributed by atoms with Gasteiger partial charge in [0.1, 0.15) is 11.8 Å². The van der Waals surface area contributed by atoms with Crippen LogP contribution >= 0.6 is 0 Å². The second-order valence-electron chi connectivity index (χ2n) is 3.67. The van der Waals surface area contributed by atoms with Crippen LogP contribution in [-0.4, -0.2) is 24.4 Å². The van der Waals surface area contributed by atoms with Gasteiger partial charge >= 0.3 is 6.18 Å². The van der Waals surface area contributed by atoms with Crippen LogP contribution in [-0.2, 0) is 0 Å². The van der Waals surface area contributed by atoms with Gasteiger partial charge in [0.2, 0.25) is 0 Å². The van der Waals surface area contributed by atoms with Gasteiger partial charge in [-0.1, -0.05) is 12.1 Å². The quantitative estimate of drug-likeness (QED) is 0.858. The van der Waals surface area contributed by atoms with Gasteiger partial charge in [0.25, 0.3) is 0 Å². The van der Waals surface area contributed by atoms with Crippen LogP contribution in [0, 0.1) is 0 Å². The fourth-order valence-corrected chi connectivity index (χ4v) is 1.34. The Morgan fingerprint density at radius 3 is 2.24 bits per heavy atom. The van der Waals surface area contributed by atoms with Crippen molar-refractivity contribution >= 4 is 0 Å². The second-order valence-corrected chi connectivity index (χ2v) is 3.67. The molecule has 96 valence electrons. The lowest BCUT2D eigenvalue weighted by molar-refractivity contribution is -0.153. The zero-order valence-electron chi connectivity index (χ0n) is 9.24. The summed E-state index contributed by atoms with van der Waals surface area (Å²) >= 11 is 0. The third kappa shape index (κ3) is 3.90. The molecule has 0 fully saturated rings. The molecule has 1 rings (SSSR count). The number of aliphatic hydroxyl groups excluding tert-OH is 1. The van der Waals surface area contributed by atoms with Crippen LogP contribution < -0.4 is 10.5 Å². The number of rotatable bonds is 4. The molecule has 1 aromatic carbocycles. The Balaban J connectivity index is 2.66. The summed E-state index contributed by atoms with van der Waals surface area (Å²) in [4.78, 5) is 0. The third-order valence-electron chi connectivity index (χ3n) is 2.40. The summed E-state index contributed by atoms with van der Waals surface area (Å²) in [5.41, 5.74) is 5.32. The Hall–Kier alpha value is -1.27. The van der Waals surface area contributed by atoms with Crippen molar-refractivity contribution in [2.45, 2.75) is 24.7 Å². The zero-order chi connectivity index (χ0) is 13.1. The van der Waals surface area contributed by atoms with Gasteiger partial charge in [0.15, 0.2) is 0 Å². The first-order chi connectivity index (χ1) is 7.84. The van der Waals surface area contributed by atoms with E-state index in [0.717, 1.165) is 0 Å². The van der Waals surface area contributed by atoms with Gasteiger partial charge in [0, 0.05) is 6.42 Å². The highest BCUT2D eigenvalue weighted by molar-refractivity contribution is 5.28. The van der Waals surface area contributed by atoms with Crippen molar-refractivity contribution in [1.82, 2.24) is 0 Å². The summed E-state index contributed by atoms with van der Waals surface area (Å²) in [5, 5.41) is 9.60. The number of benzene rings is 1. The van der Waals surface area contributed by atoms with Crippen LogP contribution in [0.4, 0.5) is 13.2 Å². The lowest BCUT2D eigenvalue weighted by Gasteiger charge is -2.19. The molecule has 0 aromatic heterocycles. The molecule has 0 aliphatic heterocycles. The maximum absolute atomic E-state index is 12.2. The molecular formula is C11H14F3NO2. The highest BCUT2D eigenvalue weighted by atomic mass is 19.4. The molecule has 0 radical (unpaired) electrons. The molecule has 0 aliphatic carbocycles. The number of alkyl halides is 3. The molecule has 0 saturated carbocycles. The van der Waals surface area contributed by atoms with E-state index in [0.29, 0.717) is 11.3 Å². The normalized spacial score (nSPS) is 15.4. The second kappa shape index (κ2) is 5.37. The predicted molar refractivity (Wildman–Crippen MR) is 56.6 cm³/mol. The molecule has 3 N–H and O–H groups in total. The number of halogens is 3. The van der Waals surface area contributed by atoms with Crippen molar-refractivity contribution in [3.05, 3.63) is 29.8 Å². The largest absolute Gasteiger partial charge is 0.497 e. The standard InChI is InChI=1S/C11H14F3NO2/c1-17-8-4-2-7(3-5-8)9(16)6-10(15)11(12,13)14/h2-5,9-10,16H,6,15H2,1H3/t9-,10-/m1/s1. The number of hydrogen-bond donors (Lipinski definition) is 2. The summed E-state index contributed by atoms with van der Waals surface area (Å²) in [6.07, 6.45) is -6.29. The first-order valence-corrected chi connectivity index (χ1v) is 4.99. The van der Waals surface area contributed by atoms with E-state index in [1.165, 1.54) is 19.2 Å². The van der Waals surface area contributed by atoms with E-state index in [1.807, 2.05) is 0 Å². The minimum Gasteiger partial charge on any atom is -0.497 e. The smallest absolute Gasteiger partial charge is 0.403 e. The topological polar surface area (TPSA) is 55.5 Å². The van der Waals surface area contributed by atoms with Crippen molar-refractivity contribution < 1.29 is 23.0 Å². The summed E-state index contributed by atoms with van der Waals surface area (Å²) in [5.74, 6) is 0.570. The minimum absolute atomic E-state index is 0.380. The van der Waals surface area contributed by atoms with Gasteiger partial charge in [-0.2, -0.15) is 13.2 Å². The van der Waals surface area contributed by atoms with Crippen molar-refractivity contribution in [2.24, 2.45) is 5.73 Å². The van der Waals surface area contributed by atoms with Gasteiger partial charge in [-0.3, -0.25) is 0 Å². The molecule has 0 unspecified atom stereocenters. The van der Waals surface area contributed by atoms with Crippen LogP contribution in [0.2, 0.25) is 0 Å². The van der Waals surface area contributed by atoms with Gasteiger partial charge in [-0.25, -0.2) is 0 Å². The Bertz CT molecular complexity index is 351. The average Bonchev–Trinajstić information content (AvgIpc) is 2.27. The molecule has 1 aromatic rings. The maximum atomic E-state index is 12.2. The first-order valence-electron chi connectivity index (χ1n) is 4.99. The molecule has 3 nitrogen and oxygen atoms in total. The molecule has 0 aliphatic rings. The van der Waals surface area contributed by atoms with Crippen molar-refractivity contribution in [3.8, 4) is 5.75 Å². The van der Waals surface area contributed by atoms with Gasteiger partial charge < -0.3 is 15.6 Å². The number of ether oxygens (including phenoxy) is 1. The van der Waals surface area contributed by atoms with Gasteiger partial charge in [-0.05, 0) is 17.7 Å². The van der Waals surface area contributed by atoms with Crippen LogP contribution in [0.1, 0.15) is 18.1 Å². The Morgan fingerprint density at radius 1 is 1.29 bits per heavy atom. The minimum atomic E-state index is -4.49. The Morgan fingerprint density at radius 2 is 1.82 bits per heavy atom. The van der Waals surface area contributed by atoms with E-state index in [-0.39, 0.29) is 0 Å². The van der Waals surface area contributed by atoms with Crippen LogP contribution in [0.5, 0.6) is 5.75 Å². The molecule has 0 heterocycles. The summed E-state index contributed by atoms with van der Waals surface area (Å²) in [6, 6.07) is 4.12. The SMILES string of the molecule is COc1ccc([C@H](O)C[C@@H](N)C(F)(F)F)cc1. The lowest BCUT2D eigenvalue weighted by Crippen LogP contribution is -2.38. The number of aliphatic hydroxyl groups is 1. The van der Waals surface area contributed by atoms with Gasteiger partial charge in [-0.15, -0.1) is 0 Å². The summed E-state index contributed by atoms with van der Waals surface area (Å²) < 4.78 is 41.5. The zero-order valence-corrected chi connectivity index (χ0v) is 9.24. The molecule has 2 atom stereocenters. The van der Waals surface area contributed by atoms with Crippen LogP contribution in [0.3, 0.4) is 0 Å². The van der Waals surface area contributed by atoms with Gasteiger partial charge in [0.05, 0.1) is 13.2 Å². The Kier molecular flexibility index (Phi) is 4.36. The molecule has 0 amide bonds. The van der Waals surface area contributed by atoms with E-state index in [9.17, 15) is 18.3 Å². The lowest BCUT2D eigenvalue weighted by atomic mass is 10.0.